The molecule has 0 aliphatic heterocycles. The van der Waals surface area contributed by atoms with E-state index in [9.17, 15) is 9.59 Å². The fraction of sp³-hybridized carbons (Fsp3) is 0.0588. The molecule has 6 nitrogen and oxygen atoms in total. The Kier molecular flexibility index (Phi) is 5.81. The lowest BCUT2D eigenvalue weighted by Gasteiger charge is -2.14. The minimum absolute atomic E-state index is 0.178. The Balaban J connectivity index is 2.49. The molecule has 1 heterocycles. The summed E-state index contributed by atoms with van der Waals surface area (Å²) < 4.78 is 0. The van der Waals surface area contributed by atoms with E-state index >= 15 is 0 Å². The van der Waals surface area contributed by atoms with Crippen LogP contribution in [0.3, 0.4) is 0 Å². The number of allylic oxidation sites excluding steroid dienone is 1. The Labute approximate surface area is 144 Å². The number of anilines is 1. The van der Waals surface area contributed by atoms with Crippen molar-refractivity contribution in [3.05, 3.63) is 71.0 Å². The van der Waals surface area contributed by atoms with Crippen LogP contribution >= 0.6 is 11.6 Å². The SMILES string of the molecule is CN(/N=C(\C=C(/C=O)C(N)=O)c1ccc(Cl)cc1)c1cccnc1. The van der Waals surface area contributed by atoms with Crippen molar-refractivity contribution < 1.29 is 9.59 Å². The maximum absolute atomic E-state index is 11.3. The van der Waals surface area contributed by atoms with Gasteiger partial charge in [0.25, 0.3) is 5.91 Å². The van der Waals surface area contributed by atoms with Crippen LogP contribution in [0.4, 0.5) is 5.69 Å². The van der Waals surface area contributed by atoms with Gasteiger partial charge in [-0.15, -0.1) is 0 Å². The fourth-order valence-corrected chi connectivity index (χ4v) is 1.99. The summed E-state index contributed by atoms with van der Waals surface area (Å²) in [6.07, 6.45) is 5.03. The third kappa shape index (κ3) is 4.50. The predicted octanol–water partition coefficient (Wildman–Crippen LogP) is 2.19. The number of carbonyl (C=O) groups is 2. The fourth-order valence-electron chi connectivity index (χ4n) is 1.87. The number of nitrogens with zero attached hydrogens (tertiary/aromatic N) is 3. The van der Waals surface area contributed by atoms with Gasteiger partial charge in [-0.25, -0.2) is 0 Å². The lowest BCUT2D eigenvalue weighted by atomic mass is 10.1. The summed E-state index contributed by atoms with van der Waals surface area (Å²) in [5, 5.41) is 6.58. The highest BCUT2D eigenvalue weighted by molar-refractivity contribution is 6.30. The van der Waals surface area contributed by atoms with Gasteiger partial charge in [0.1, 0.15) is 0 Å². The Morgan fingerprint density at radius 3 is 2.54 bits per heavy atom. The second-order valence-electron chi connectivity index (χ2n) is 4.81. The summed E-state index contributed by atoms with van der Waals surface area (Å²) in [6.45, 7) is 0. The van der Waals surface area contributed by atoms with E-state index in [-0.39, 0.29) is 5.57 Å². The molecule has 0 unspecified atom stereocenters. The molecule has 24 heavy (non-hydrogen) atoms. The molecule has 1 aromatic heterocycles. The Bertz CT molecular complexity index is 786. The standard InChI is InChI=1S/C17H15ClN4O2/c1-22(15-3-2-8-20-10-15)21-16(9-13(11-23)17(19)24)12-4-6-14(18)7-5-12/h2-11H,1H3,(H2,19,24)/b13-9+,21-16+. The number of nitrogens with two attached hydrogens (primary N) is 1. The van der Waals surface area contributed by atoms with Gasteiger partial charge in [-0.1, -0.05) is 23.7 Å². The number of halogens is 1. The Morgan fingerprint density at radius 1 is 1.29 bits per heavy atom. The molecule has 1 amide bonds. The quantitative estimate of drug-likeness (QED) is 0.218. The van der Waals surface area contributed by atoms with Crippen molar-refractivity contribution in [3.63, 3.8) is 0 Å². The minimum Gasteiger partial charge on any atom is -0.365 e. The first-order chi connectivity index (χ1) is 11.5. The number of hydrazone groups is 1. The van der Waals surface area contributed by atoms with E-state index in [1.165, 1.54) is 6.08 Å². The van der Waals surface area contributed by atoms with Crippen LogP contribution in [0.25, 0.3) is 0 Å². The van der Waals surface area contributed by atoms with Crippen LogP contribution in [0, 0.1) is 0 Å². The van der Waals surface area contributed by atoms with Crippen LogP contribution in [-0.4, -0.2) is 29.9 Å². The molecule has 122 valence electrons. The molecule has 0 bridgehead atoms. The number of aromatic nitrogens is 1. The number of hydrogen-bond acceptors (Lipinski definition) is 5. The Hall–Kier alpha value is -2.99. The van der Waals surface area contributed by atoms with Gasteiger partial charge in [0.2, 0.25) is 0 Å². The van der Waals surface area contributed by atoms with E-state index in [1.807, 2.05) is 6.07 Å². The van der Waals surface area contributed by atoms with Crippen molar-refractivity contribution >= 4 is 35.2 Å². The molecular weight excluding hydrogens is 328 g/mol. The smallest absolute Gasteiger partial charge is 0.252 e. The van der Waals surface area contributed by atoms with Crippen LogP contribution in [0.1, 0.15) is 5.56 Å². The lowest BCUT2D eigenvalue weighted by Crippen LogP contribution is -2.18. The van der Waals surface area contributed by atoms with E-state index in [1.54, 1.807) is 54.8 Å². The molecule has 0 saturated carbocycles. The summed E-state index contributed by atoms with van der Waals surface area (Å²) in [4.78, 5) is 26.4. The minimum atomic E-state index is -0.823. The molecule has 0 fully saturated rings. The highest BCUT2D eigenvalue weighted by atomic mass is 35.5. The summed E-state index contributed by atoms with van der Waals surface area (Å²) >= 11 is 5.90. The van der Waals surface area contributed by atoms with Crippen LogP contribution in [0.2, 0.25) is 5.02 Å². The number of aldehydes is 1. The van der Waals surface area contributed by atoms with Gasteiger partial charge >= 0.3 is 0 Å². The number of primary amides is 1. The van der Waals surface area contributed by atoms with Crippen molar-refractivity contribution in [1.29, 1.82) is 0 Å². The number of benzene rings is 1. The third-order valence-electron chi connectivity index (χ3n) is 3.12. The second-order valence-corrected chi connectivity index (χ2v) is 5.25. The van der Waals surface area contributed by atoms with Gasteiger partial charge < -0.3 is 5.73 Å². The first-order valence-electron chi connectivity index (χ1n) is 6.96. The number of carbonyl (C=O) groups excluding carboxylic acids is 2. The van der Waals surface area contributed by atoms with Crippen molar-refractivity contribution in [2.75, 3.05) is 12.1 Å². The van der Waals surface area contributed by atoms with Crippen molar-refractivity contribution in [2.45, 2.75) is 0 Å². The molecule has 2 N–H and O–H groups in total. The van der Waals surface area contributed by atoms with Crippen LogP contribution in [-0.2, 0) is 9.59 Å². The van der Waals surface area contributed by atoms with E-state index < -0.39 is 5.91 Å². The summed E-state index contributed by atoms with van der Waals surface area (Å²) in [6, 6.07) is 10.5. The van der Waals surface area contributed by atoms with Gasteiger partial charge in [-0.3, -0.25) is 19.6 Å². The molecule has 0 aliphatic rings. The van der Waals surface area contributed by atoms with Gasteiger partial charge in [0, 0.05) is 23.8 Å². The van der Waals surface area contributed by atoms with E-state index in [0.29, 0.717) is 22.6 Å². The van der Waals surface area contributed by atoms with Gasteiger partial charge in [-0.05, 0) is 30.3 Å². The third-order valence-corrected chi connectivity index (χ3v) is 3.37. The summed E-state index contributed by atoms with van der Waals surface area (Å²) in [5.41, 5.74) is 6.83. The molecule has 0 spiro atoms. The largest absolute Gasteiger partial charge is 0.365 e. The highest BCUT2D eigenvalue weighted by Crippen LogP contribution is 2.15. The first-order valence-corrected chi connectivity index (χ1v) is 7.34. The maximum Gasteiger partial charge on any atom is 0.252 e. The highest BCUT2D eigenvalue weighted by Gasteiger charge is 2.09. The molecular formula is C17H15ClN4O2. The molecule has 0 radical (unpaired) electrons. The monoisotopic (exact) mass is 342 g/mol. The number of rotatable bonds is 6. The molecule has 2 rings (SSSR count). The van der Waals surface area contributed by atoms with Crippen LogP contribution in [0.15, 0.2) is 65.5 Å². The van der Waals surface area contributed by atoms with Crippen LogP contribution < -0.4 is 10.7 Å². The number of pyridine rings is 1. The van der Waals surface area contributed by atoms with Crippen molar-refractivity contribution in [1.82, 2.24) is 4.98 Å². The maximum atomic E-state index is 11.3. The average Bonchev–Trinajstić information content (AvgIpc) is 2.59. The average molecular weight is 343 g/mol. The lowest BCUT2D eigenvalue weighted by molar-refractivity contribution is -0.116. The normalized spacial score (nSPS) is 11.9. The van der Waals surface area contributed by atoms with E-state index in [0.717, 1.165) is 5.69 Å². The van der Waals surface area contributed by atoms with Crippen molar-refractivity contribution in [3.8, 4) is 0 Å². The summed E-state index contributed by atoms with van der Waals surface area (Å²) in [7, 11) is 1.73. The predicted molar refractivity (Wildman–Crippen MR) is 94.0 cm³/mol. The van der Waals surface area contributed by atoms with Gasteiger partial charge in [0.05, 0.1) is 23.2 Å². The molecule has 0 aliphatic carbocycles. The molecule has 1 aromatic carbocycles. The van der Waals surface area contributed by atoms with Gasteiger partial charge in [-0.2, -0.15) is 5.10 Å². The first kappa shape index (κ1) is 17.4. The van der Waals surface area contributed by atoms with E-state index in [4.69, 9.17) is 17.3 Å². The second kappa shape index (κ2) is 8.03. The molecule has 2 aromatic rings. The van der Waals surface area contributed by atoms with Crippen molar-refractivity contribution in [2.24, 2.45) is 10.8 Å². The molecule has 0 atom stereocenters. The van der Waals surface area contributed by atoms with Gasteiger partial charge in [0.15, 0.2) is 6.29 Å². The number of amides is 1. The zero-order valence-corrected chi connectivity index (χ0v) is 13.6. The Morgan fingerprint density at radius 2 is 2.00 bits per heavy atom. The zero-order valence-electron chi connectivity index (χ0n) is 12.9. The molecule has 0 saturated heterocycles. The zero-order chi connectivity index (χ0) is 17.5. The van der Waals surface area contributed by atoms with Crippen LogP contribution in [0.5, 0.6) is 0 Å². The topological polar surface area (TPSA) is 88.6 Å². The molecule has 7 heteroatoms. The number of hydrogen-bond donors (Lipinski definition) is 1. The summed E-state index contributed by atoms with van der Waals surface area (Å²) in [5.74, 6) is -0.823. The van der Waals surface area contributed by atoms with E-state index in [2.05, 4.69) is 10.1 Å².